The average molecular weight is 365 g/mol. The summed E-state index contributed by atoms with van der Waals surface area (Å²) in [7, 11) is -0.471. The maximum atomic E-state index is 12.2. The van der Waals surface area contributed by atoms with Gasteiger partial charge in [0.05, 0.1) is 7.11 Å². The van der Waals surface area contributed by atoms with Crippen molar-refractivity contribution in [2.75, 3.05) is 7.11 Å². The summed E-state index contributed by atoms with van der Waals surface area (Å²) in [6, 6.07) is 20.0. The van der Waals surface area contributed by atoms with Gasteiger partial charge in [-0.15, -0.1) is 0 Å². The van der Waals surface area contributed by atoms with Gasteiger partial charge < -0.3 is 4.74 Å². The number of hydrogen-bond acceptors (Lipinski definition) is 2. The van der Waals surface area contributed by atoms with E-state index < -0.39 is 8.07 Å². The van der Waals surface area contributed by atoms with Gasteiger partial charge in [0, 0.05) is 16.3 Å². The van der Waals surface area contributed by atoms with E-state index in [1.54, 1.807) is 7.11 Å². The van der Waals surface area contributed by atoms with Crippen molar-refractivity contribution in [1.82, 2.24) is 0 Å². The minimum Gasteiger partial charge on any atom is -0.495 e. The minimum atomic E-state index is -2.14. The van der Waals surface area contributed by atoms with Crippen molar-refractivity contribution in [1.29, 1.82) is 0 Å². The van der Waals surface area contributed by atoms with Gasteiger partial charge in [-0.2, -0.15) is 0 Å². The molecular formula is C23H28O2Si. The Labute approximate surface area is 158 Å². The molecule has 2 nitrogen and oxygen atoms in total. The summed E-state index contributed by atoms with van der Waals surface area (Å²) in [6.45, 7) is 11.1. The molecule has 0 heterocycles. The van der Waals surface area contributed by atoms with Gasteiger partial charge in [0.25, 0.3) is 0 Å². The molecule has 0 spiro atoms. The van der Waals surface area contributed by atoms with E-state index in [1.165, 1.54) is 0 Å². The smallest absolute Gasteiger partial charge is 0.134 e. The second-order valence-corrected chi connectivity index (χ2v) is 13.2. The fraction of sp³-hybridized carbons (Fsp3) is 0.304. The van der Waals surface area contributed by atoms with Crippen LogP contribution in [0.25, 0.3) is 11.3 Å². The molecule has 0 fully saturated rings. The first kappa shape index (κ1) is 20.0. The lowest BCUT2D eigenvalue weighted by Crippen LogP contribution is -2.40. The summed E-state index contributed by atoms with van der Waals surface area (Å²) in [5, 5.41) is 0.770. The lowest BCUT2D eigenvalue weighted by Gasteiger charge is -2.38. The van der Waals surface area contributed by atoms with Crippen LogP contribution in [0.1, 0.15) is 31.9 Å². The molecule has 0 saturated heterocycles. The topological polar surface area (TPSA) is 26.3 Å². The van der Waals surface area contributed by atoms with Crippen molar-refractivity contribution < 1.29 is 9.53 Å². The van der Waals surface area contributed by atoms with Gasteiger partial charge in [-0.05, 0) is 10.6 Å². The molecule has 3 heteroatoms. The lowest BCUT2D eigenvalue weighted by molar-refractivity contribution is 0.371. The maximum absolute atomic E-state index is 12.2. The zero-order valence-electron chi connectivity index (χ0n) is 16.6. The van der Waals surface area contributed by atoms with E-state index >= 15 is 0 Å². The molecule has 2 aromatic rings. The third kappa shape index (κ3) is 3.90. The molecule has 0 unspecified atom stereocenters. The van der Waals surface area contributed by atoms with E-state index in [4.69, 9.17) is 4.74 Å². The van der Waals surface area contributed by atoms with Crippen molar-refractivity contribution in [2.24, 2.45) is 0 Å². The summed E-state index contributed by atoms with van der Waals surface area (Å²) >= 11 is 0. The van der Waals surface area contributed by atoms with Crippen LogP contribution in [0.5, 0.6) is 0 Å². The monoisotopic (exact) mass is 364 g/mol. The number of rotatable bonds is 5. The van der Waals surface area contributed by atoms with Crippen LogP contribution in [0.15, 0.2) is 65.9 Å². The van der Waals surface area contributed by atoms with Crippen molar-refractivity contribution in [3.63, 3.8) is 0 Å². The highest BCUT2D eigenvalue weighted by atomic mass is 28.3. The minimum absolute atomic E-state index is 0.00924. The van der Waals surface area contributed by atoms with Crippen LogP contribution >= 0.6 is 0 Å². The van der Waals surface area contributed by atoms with Crippen LogP contribution in [0.3, 0.4) is 0 Å². The predicted molar refractivity (Wildman–Crippen MR) is 113 cm³/mol. The Morgan fingerprint density at radius 2 is 1.35 bits per heavy atom. The van der Waals surface area contributed by atoms with Gasteiger partial charge in [-0.3, -0.25) is 0 Å². The van der Waals surface area contributed by atoms with Gasteiger partial charge >= 0.3 is 0 Å². The van der Waals surface area contributed by atoms with Crippen LogP contribution in [-0.2, 0) is 9.53 Å². The quantitative estimate of drug-likeness (QED) is 0.214. The van der Waals surface area contributed by atoms with Gasteiger partial charge in [0.15, 0.2) is 0 Å². The van der Waals surface area contributed by atoms with E-state index in [9.17, 15) is 4.79 Å². The SMILES string of the molecule is CO/C(=C(/C(=C=O)[Si](C)(C)C(C)(C)C)c1ccccc1)c1ccccc1. The number of benzene rings is 2. The Morgan fingerprint density at radius 1 is 0.885 bits per heavy atom. The Hall–Kier alpha value is -2.35. The molecule has 0 aliphatic carbocycles. The first-order valence-electron chi connectivity index (χ1n) is 8.89. The van der Waals surface area contributed by atoms with Crippen LogP contribution in [-0.4, -0.2) is 21.1 Å². The number of allylic oxidation sites excluding steroid dienone is 2. The standard InChI is InChI=1S/C23H28O2Si/c1-23(2,3)26(5,6)20(17-24)21(18-13-9-7-10-14-18)22(25-4)19-15-11-8-12-16-19/h7-16H,1-6H3/b22-21+. The van der Waals surface area contributed by atoms with Gasteiger partial charge in [-0.1, -0.05) is 94.5 Å². The number of hydrogen-bond donors (Lipinski definition) is 0. The Balaban J connectivity index is 2.86. The van der Waals surface area contributed by atoms with Crippen LogP contribution in [0, 0.1) is 0 Å². The zero-order valence-corrected chi connectivity index (χ0v) is 17.6. The van der Waals surface area contributed by atoms with Crippen molar-refractivity contribution >= 4 is 25.3 Å². The molecule has 2 rings (SSSR count). The predicted octanol–water partition coefficient (Wildman–Crippen LogP) is 6.01. The molecule has 0 aromatic heterocycles. The second kappa shape index (κ2) is 7.90. The maximum Gasteiger partial charge on any atom is 0.134 e. The van der Waals surface area contributed by atoms with Crippen molar-refractivity contribution in [2.45, 2.75) is 38.9 Å². The molecule has 136 valence electrons. The molecule has 0 radical (unpaired) electrons. The molecule has 0 atom stereocenters. The molecule has 26 heavy (non-hydrogen) atoms. The highest BCUT2D eigenvalue weighted by Gasteiger charge is 2.42. The van der Waals surface area contributed by atoms with E-state index in [2.05, 4.69) is 39.8 Å². The highest BCUT2D eigenvalue weighted by molar-refractivity contribution is 6.90. The van der Waals surface area contributed by atoms with Crippen LogP contribution in [0.2, 0.25) is 18.1 Å². The molecule has 0 bridgehead atoms. The Morgan fingerprint density at radius 3 is 1.73 bits per heavy atom. The van der Waals surface area contributed by atoms with E-state index in [1.807, 2.05) is 60.7 Å². The average Bonchev–Trinajstić information content (AvgIpc) is 2.62. The second-order valence-electron chi connectivity index (χ2n) is 7.99. The highest BCUT2D eigenvalue weighted by Crippen LogP contribution is 2.46. The first-order chi connectivity index (χ1) is 12.2. The molecule has 0 amide bonds. The van der Waals surface area contributed by atoms with Crippen LogP contribution < -0.4 is 0 Å². The number of methoxy groups -OCH3 is 1. The Bertz CT molecular complexity index is 822. The molecule has 2 aromatic carbocycles. The van der Waals surface area contributed by atoms with E-state index in [0.717, 1.165) is 27.7 Å². The van der Waals surface area contributed by atoms with E-state index in [0.29, 0.717) is 0 Å². The fourth-order valence-electron chi connectivity index (χ4n) is 2.81. The fourth-order valence-corrected chi connectivity index (χ4v) is 4.70. The molecule has 0 N–H and O–H groups in total. The number of carbonyl (C=O) groups excluding carboxylic acids is 1. The summed E-state index contributed by atoms with van der Waals surface area (Å²) in [5.74, 6) is 3.04. The third-order valence-electron chi connectivity index (χ3n) is 5.38. The van der Waals surface area contributed by atoms with E-state index in [-0.39, 0.29) is 5.04 Å². The summed E-state index contributed by atoms with van der Waals surface area (Å²) in [4.78, 5) is 12.2. The number of ether oxygens (including phenoxy) is 1. The summed E-state index contributed by atoms with van der Waals surface area (Å²) in [5.41, 5.74) is 2.80. The Kier molecular flexibility index (Phi) is 6.07. The third-order valence-corrected chi connectivity index (χ3v) is 10.7. The molecule has 0 aliphatic heterocycles. The van der Waals surface area contributed by atoms with Gasteiger partial charge in [0.2, 0.25) is 0 Å². The molecule has 0 saturated carbocycles. The van der Waals surface area contributed by atoms with Gasteiger partial charge in [-0.25, -0.2) is 4.79 Å². The first-order valence-corrected chi connectivity index (χ1v) is 11.9. The van der Waals surface area contributed by atoms with Gasteiger partial charge in [0.1, 0.15) is 19.8 Å². The van der Waals surface area contributed by atoms with Crippen LogP contribution in [0.4, 0.5) is 0 Å². The lowest BCUT2D eigenvalue weighted by atomic mass is 10.0. The molecular weight excluding hydrogens is 336 g/mol. The summed E-state index contributed by atoms with van der Waals surface area (Å²) in [6.07, 6.45) is 0. The van der Waals surface area contributed by atoms with Crippen molar-refractivity contribution in [3.8, 4) is 0 Å². The zero-order chi connectivity index (χ0) is 19.4. The largest absolute Gasteiger partial charge is 0.495 e. The molecule has 0 aliphatic rings. The summed E-state index contributed by atoms with van der Waals surface area (Å²) < 4.78 is 5.85. The normalized spacial score (nSPS) is 12.8. The van der Waals surface area contributed by atoms with Crippen molar-refractivity contribution in [3.05, 3.63) is 77.0 Å².